The minimum atomic E-state index is -2.49. The summed E-state index contributed by atoms with van der Waals surface area (Å²) in [5.74, 6) is 0. The van der Waals surface area contributed by atoms with Gasteiger partial charge in [-0.2, -0.15) is 0 Å². The zero-order chi connectivity index (χ0) is 15.2. The van der Waals surface area contributed by atoms with Crippen molar-refractivity contribution < 1.29 is 18.4 Å². The first-order valence-electron chi connectivity index (χ1n) is 6.20. The summed E-state index contributed by atoms with van der Waals surface area (Å²) in [5.41, 5.74) is 0.635. The summed E-state index contributed by atoms with van der Waals surface area (Å²) >= 11 is 0. The van der Waals surface area contributed by atoms with Gasteiger partial charge in [0.2, 0.25) is 0 Å². The van der Waals surface area contributed by atoms with Crippen LogP contribution in [0.2, 0.25) is 0 Å². The molecule has 21 heavy (non-hydrogen) atoms. The summed E-state index contributed by atoms with van der Waals surface area (Å²) in [7, 11) is 0. The fourth-order valence-electron chi connectivity index (χ4n) is 1.92. The number of alkyl halides is 2. The molecule has 6 nitrogen and oxygen atoms in total. The lowest BCUT2D eigenvalue weighted by Gasteiger charge is -2.10. The number of hydrogen-bond donors (Lipinski definition) is 1. The topological polar surface area (TPSA) is 77.3 Å². The summed E-state index contributed by atoms with van der Waals surface area (Å²) in [6.07, 6.45) is 0.504. The maximum Gasteiger partial charge on any atom is 0.277 e. The molecule has 1 N–H and O–H groups in total. The van der Waals surface area contributed by atoms with E-state index < -0.39 is 18.0 Å². The summed E-state index contributed by atoms with van der Waals surface area (Å²) in [5, 5.41) is 15.0. The third-order valence-electron chi connectivity index (χ3n) is 2.80. The van der Waals surface area contributed by atoms with Crippen LogP contribution in [0.1, 0.15) is 0 Å². The first kappa shape index (κ1) is 15.0. The third kappa shape index (κ3) is 3.82. The normalized spacial score (nSPS) is 11.0. The van der Waals surface area contributed by atoms with Crippen molar-refractivity contribution >= 4 is 22.1 Å². The minimum absolute atomic E-state index is 0.00750. The van der Waals surface area contributed by atoms with Crippen LogP contribution in [0.3, 0.4) is 0 Å². The highest BCUT2D eigenvalue weighted by Gasteiger charge is 2.13. The Morgan fingerprint density at radius 3 is 2.86 bits per heavy atom. The second-order valence-electron chi connectivity index (χ2n) is 4.20. The van der Waals surface area contributed by atoms with Gasteiger partial charge in [0, 0.05) is 36.1 Å². The number of nitro groups is 1. The van der Waals surface area contributed by atoms with Gasteiger partial charge in [-0.1, -0.05) is 0 Å². The van der Waals surface area contributed by atoms with Crippen molar-refractivity contribution in [2.45, 2.75) is 6.43 Å². The Kier molecular flexibility index (Phi) is 4.94. The molecule has 1 heterocycles. The number of benzene rings is 1. The van der Waals surface area contributed by atoms with Gasteiger partial charge in [-0.3, -0.25) is 15.1 Å². The molecule has 1 aromatic heterocycles. The zero-order valence-electron chi connectivity index (χ0n) is 11.0. The number of hydrogen-bond acceptors (Lipinski definition) is 5. The highest BCUT2D eigenvalue weighted by Crippen LogP contribution is 2.30. The van der Waals surface area contributed by atoms with Crippen molar-refractivity contribution in [2.75, 3.05) is 25.1 Å². The Labute approximate surface area is 118 Å². The van der Waals surface area contributed by atoms with Crippen LogP contribution in [-0.4, -0.2) is 36.1 Å². The number of nitro benzene ring substituents is 1. The molecule has 1 aromatic carbocycles. The molecule has 0 saturated heterocycles. The van der Waals surface area contributed by atoms with Crippen LogP contribution in [0, 0.1) is 10.1 Å². The second-order valence-corrected chi connectivity index (χ2v) is 4.20. The maximum atomic E-state index is 11.9. The number of nitrogens with zero attached hydrogens (tertiary/aromatic N) is 2. The fourth-order valence-corrected chi connectivity index (χ4v) is 1.92. The molecule has 0 aliphatic rings. The number of anilines is 1. The van der Waals surface area contributed by atoms with Gasteiger partial charge in [0.25, 0.3) is 12.1 Å². The van der Waals surface area contributed by atoms with Gasteiger partial charge in [-0.25, -0.2) is 8.78 Å². The van der Waals surface area contributed by atoms with E-state index >= 15 is 0 Å². The van der Waals surface area contributed by atoms with Crippen LogP contribution in [0.5, 0.6) is 0 Å². The number of aromatic nitrogens is 1. The van der Waals surface area contributed by atoms with E-state index in [1.807, 2.05) is 0 Å². The van der Waals surface area contributed by atoms with E-state index in [2.05, 4.69) is 10.3 Å². The Balaban J connectivity index is 2.11. The summed E-state index contributed by atoms with van der Waals surface area (Å²) in [6, 6.07) is 4.52. The quantitative estimate of drug-likeness (QED) is 0.483. The van der Waals surface area contributed by atoms with Crippen molar-refractivity contribution in [1.82, 2.24) is 4.98 Å². The Bertz CT molecular complexity index is 637. The Hall–Kier alpha value is -2.35. The van der Waals surface area contributed by atoms with Gasteiger partial charge < -0.3 is 10.1 Å². The van der Waals surface area contributed by atoms with Crippen molar-refractivity contribution in [2.24, 2.45) is 0 Å². The van der Waals surface area contributed by atoms with Crippen LogP contribution < -0.4 is 5.32 Å². The molecular weight excluding hydrogens is 284 g/mol. The number of nitrogens with one attached hydrogen (secondary N) is 1. The highest BCUT2D eigenvalue weighted by atomic mass is 19.3. The molecular formula is C13H13F2N3O3. The van der Waals surface area contributed by atoms with Crippen molar-refractivity contribution in [3.05, 3.63) is 40.7 Å². The molecule has 2 rings (SSSR count). The maximum absolute atomic E-state index is 11.9. The predicted octanol–water partition coefficient (Wildman–Crippen LogP) is 2.84. The highest BCUT2D eigenvalue weighted by molar-refractivity contribution is 5.99. The van der Waals surface area contributed by atoms with E-state index in [-0.39, 0.29) is 12.3 Å². The second kappa shape index (κ2) is 6.89. The molecule has 0 radical (unpaired) electrons. The number of halogens is 2. The average Bonchev–Trinajstić information content (AvgIpc) is 2.46. The van der Waals surface area contributed by atoms with E-state index in [9.17, 15) is 18.9 Å². The smallest absolute Gasteiger partial charge is 0.277 e. The average molecular weight is 297 g/mol. The van der Waals surface area contributed by atoms with E-state index in [0.29, 0.717) is 23.0 Å². The number of rotatable bonds is 7. The van der Waals surface area contributed by atoms with E-state index in [4.69, 9.17) is 4.74 Å². The number of pyridine rings is 1. The molecule has 0 spiro atoms. The van der Waals surface area contributed by atoms with Gasteiger partial charge in [0.15, 0.2) is 0 Å². The van der Waals surface area contributed by atoms with Crippen LogP contribution in [0.4, 0.5) is 20.2 Å². The van der Waals surface area contributed by atoms with Crippen LogP contribution in [-0.2, 0) is 4.74 Å². The van der Waals surface area contributed by atoms with Crippen LogP contribution in [0.15, 0.2) is 30.6 Å². The third-order valence-corrected chi connectivity index (χ3v) is 2.80. The zero-order valence-corrected chi connectivity index (χ0v) is 11.0. The summed E-state index contributed by atoms with van der Waals surface area (Å²) in [6.45, 7) is -0.179. The minimum Gasteiger partial charge on any atom is -0.382 e. The first-order chi connectivity index (χ1) is 10.1. The van der Waals surface area contributed by atoms with Gasteiger partial charge >= 0.3 is 0 Å². The SMILES string of the molecule is O=[N+]([O-])c1ccc(NCCOCC(F)F)c2cnccc12. The molecule has 2 aromatic rings. The van der Waals surface area contributed by atoms with Gasteiger partial charge in [0.1, 0.15) is 6.61 Å². The van der Waals surface area contributed by atoms with Gasteiger partial charge in [0.05, 0.1) is 16.9 Å². The number of non-ortho nitro benzene ring substituents is 1. The lowest BCUT2D eigenvalue weighted by molar-refractivity contribution is -0.383. The molecule has 112 valence electrons. The predicted molar refractivity (Wildman–Crippen MR) is 73.7 cm³/mol. The van der Waals surface area contributed by atoms with Crippen molar-refractivity contribution in [1.29, 1.82) is 0 Å². The molecule has 0 bridgehead atoms. The first-order valence-corrected chi connectivity index (χ1v) is 6.20. The fraction of sp³-hybridized carbons (Fsp3) is 0.308. The molecule has 0 atom stereocenters. The molecule has 0 fully saturated rings. The largest absolute Gasteiger partial charge is 0.382 e. The van der Waals surface area contributed by atoms with E-state index in [0.717, 1.165) is 0 Å². The molecule has 0 amide bonds. The molecule has 0 aliphatic carbocycles. The van der Waals surface area contributed by atoms with Gasteiger partial charge in [-0.05, 0) is 12.1 Å². The lowest BCUT2D eigenvalue weighted by Crippen LogP contribution is -2.13. The molecule has 0 aliphatic heterocycles. The number of ether oxygens (including phenoxy) is 1. The van der Waals surface area contributed by atoms with E-state index in [1.165, 1.54) is 18.5 Å². The summed E-state index contributed by atoms with van der Waals surface area (Å²) < 4.78 is 28.5. The standard InChI is InChI=1S/C13H13F2N3O3/c14-13(15)8-21-6-5-17-11-1-2-12(18(19)20)9-3-4-16-7-10(9)11/h1-4,7,13,17H,5-6,8H2. The lowest BCUT2D eigenvalue weighted by atomic mass is 10.1. The Morgan fingerprint density at radius 2 is 2.14 bits per heavy atom. The van der Waals surface area contributed by atoms with Crippen molar-refractivity contribution in [3.8, 4) is 0 Å². The monoisotopic (exact) mass is 297 g/mol. The van der Waals surface area contributed by atoms with Crippen LogP contribution in [0.25, 0.3) is 10.8 Å². The van der Waals surface area contributed by atoms with Crippen molar-refractivity contribution in [3.63, 3.8) is 0 Å². The molecule has 8 heteroatoms. The molecule has 0 saturated carbocycles. The van der Waals surface area contributed by atoms with Gasteiger partial charge in [-0.15, -0.1) is 0 Å². The summed E-state index contributed by atoms with van der Waals surface area (Å²) in [4.78, 5) is 14.5. The Morgan fingerprint density at radius 1 is 1.33 bits per heavy atom. The number of fused-ring (bicyclic) bond motifs is 1. The molecule has 0 unspecified atom stereocenters. The van der Waals surface area contributed by atoms with Crippen LogP contribution >= 0.6 is 0 Å². The van der Waals surface area contributed by atoms with E-state index in [1.54, 1.807) is 12.1 Å².